The van der Waals surface area contributed by atoms with Crippen LogP contribution in [0.2, 0.25) is 0 Å². The maximum atomic E-state index is 11.8. The van der Waals surface area contributed by atoms with Gasteiger partial charge < -0.3 is 10.3 Å². The second-order valence-corrected chi connectivity index (χ2v) is 11.2. The summed E-state index contributed by atoms with van der Waals surface area (Å²) in [5.41, 5.74) is 4.77. The minimum absolute atomic E-state index is 0.186. The number of rotatable bonds is 6. The van der Waals surface area contributed by atoms with Crippen LogP contribution < -0.4 is 5.32 Å². The highest BCUT2D eigenvalue weighted by molar-refractivity contribution is 7.88. The smallest absolute Gasteiger partial charge is 0.211 e. The van der Waals surface area contributed by atoms with E-state index < -0.39 is 10.0 Å². The van der Waals surface area contributed by atoms with Gasteiger partial charge in [0.1, 0.15) is 11.6 Å². The fraction of sp³-hybridized carbons (Fsp3) is 0.375. The zero-order chi connectivity index (χ0) is 23.9. The van der Waals surface area contributed by atoms with E-state index in [4.69, 9.17) is 4.98 Å². The Balaban J connectivity index is 1.33. The van der Waals surface area contributed by atoms with Gasteiger partial charge in [0.25, 0.3) is 0 Å². The minimum atomic E-state index is -3.14. The Labute approximate surface area is 199 Å². The van der Waals surface area contributed by atoms with Gasteiger partial charge >= 0.3 is 0 Å². The normalized spacial score (nSPS) is 15.9. The van der Waals surface area contributed by atoms with Crippen molar-refractivity contribution < 1.29 is 8.42 Å². The predicted octanol–water partition coefficient (Wildman–Crippen LogP) is 4.28. The molecular weight excluding hydrogens is 450 g/mol. The molecule has 4 aromatic heterocycles. The standard InChI is InChI=1S/C24H29N7O2S/c1-16(2)17-11-24(26-12-17)29-23-5-4-21-22(28-23)10-18(13-25-21)19-14-27-31(15-19)20-6-8-30(9-7-20)34(3,32)33/h4-5,10-16,20,26H,6-9H2,1-3H3,(H,28,29). The molecule has 2 N–H and O–H groups in total. The Kier molecular flexibility index (Phi) is 5.86. The van der Waals surface area contributed by atoms with Gasteiger partial charge in [-0.2, -0.15) is 5.10 Å². The molecule has 1 aliphatic rings. The summed E-state index contributed by atoms with van der Waals surface area (Å²) >= 11 is 0. The molecule has 0 amide bonds. The van der Waals surface area contributed by atoms with E-state index in [1.165, 1.54) is 16.1 Å². The fourth-order valence-corrected chi connectivity index (χ4v) is 5.19. The highest BCUT2D eigenvalue weighted by Crippen LogP contribution is 2.28. The molecular formula is C24H29N7O2S. The molecule has 0 radical (unpaired) electrons. The number of hydrogen-bond donors (Lipinski definition) is 2. The van der Waals surface area contributed by atoms with Crippen LogP contribution in [-0.4, -0.2) is 56.8 Å². The molecule has 0 saturated carbocycles. The predicted molar refractivity (Wildman–Crippen MR) is 134 cm³/mol. The lowest BCUT2D eigenvalue weighted by Gasteiger charge is -2.30. The van der Waals surface area contributed by atoms with Gasteiger partial charge in [0.05, 0.1) is 29.5 Å². The number of hydrogen-bond acceptors (Lipinski definition) is 6. The maximum absolute atomic E-state index is 11.8. The number of nitrogens with one attached hydrogen (secondary N) is 2. The monoisotopic (exact) mass is 479 g/mol. The Hall–Kier alpha value is -3.24. The third kappa shape index (κ3) is 4.69. The van der Waals surface area contributed by atoms with Crippen molar-refractivity contribution in [1.29, 1.82) is 0 Å². The van der Waals surface area contributed by atoms with Gasteiger partial charge in [0.2, 0.25) is 10.0 Å². The Bertz CT molecular complexity index is 1420. The molecule has 1 saturated heterocycles. The zero-order valence-electron chi connectivity index (χ0n) is 19.6. The van der Waals surface area contributed by atoms with Crippen molar-refractivity contribution >= 4 is 32.7 Å². The summed E-state index contributed by atoms with van der Waals surface area (Å²) in [6.45, 7) is 5.37. The van der Waals surface area contributed by atoms with Crippen molar-refractivity contribution in [2.24, 2.45) is 0 Å². The number of fused-ring (bicyclic) bond motifs is 1. The SMILES string of the molecule is CC(C)c1c[nH]c(Nc2ccc3ncc(-c4cnn(C5CCN(S(C)(=O)=O)CC5)c4)cc3n2)c1. The number of aromatic nitrogens is 5. The molecule has 4 aromatic rings. The highest BCUT2D eigenvalue weighted by atomic mass is 32.2. The van der Waals surface area contributed by atoms with Crippen LogP contribution in [0.3, 0.4) is 0 Å². The third-order valence-electron chi connectivity index (χ3n) is 6.37. The summed E-state index contributed by atoms with van der Waals surface area (Å²) in [6.07, 6.45) is 10.5. The van der Waals surface area contributed by atoms with Gasteiger partial charge in [-0.25, -0.2) is 17.7 Å². The van der Waals surface area contributed by atoms with Crippen LogP contribution in [0.5, 0.6) is 0 Å². The number of H-pyrrole nitrogens is 1. The molecule has 0 unspecified atom stereocenters. The molecule has 1 fully saturated rings. The van der Waals surface area contributed by atoms with Crippen LogP contribution in [0, 0.1) is 0 Å². The van der Waals surface area contributed by atoms with Crippen molar-refractivity contribution in [3.05, 3.63) is 54.6 Å². The molecule has 0 aromatic carbocycles. The molecule has 9 nitrogen and oxygen atoms in total. The first-order chi connectivity index (χ1) is 16.3. The molecule has 1 aliphatic heterocycles. The second-order valence-electron chi connectivity index (χ2n) is 9.19. The van der Waals surface area contributed by atoms with E-state index in [9.17, 15) is 8.42 Å². The Morgan fingerprint density at radius 3 is 2.59 bits per heavy atom. The first kappa shape index (κ1) is 22.5. The molecule has 0 atom stereocenters. The molecule has 0 spiro atoms. The van der Waals surface area contributed by atoms with Crippen molar-refractivity contribution in [2.45, 2.75) is 38.6 Å². The number of nitrogens with zero attached hydrogens (tertiary/aromatic N) is 5. The van der Waals surface area contributed by atoms with Gasteiger partial charge in [0.15, 0.2) is 0 Å². The van der Waals surface area contributed by atoms with E-state index in [-0.39, 0.29) is 6.04 Å². The number of aromatic amines is 1. The van der Waals surface area contributed by atoms with Gasteiger partial charge in [-0.05, 0) is 48.6 Å². The lowest BCUT2D eigenvalue weighted by atomic mass is 10.1. The van der Waals surface area contributed by atoms with Gasteiger partial charge in [0, 0.05) is 42.8 Å². The summed E-state index contributed by atoms with van der Waals surface area (Å²) in [5.74, 6) is 2.11. The van der Waals surface area contributed by atoms with Crippen LogP contribution in [-0.2, 0) is 10.0 Å². The molecule has 178 valence electrons. The fourth-order valence-electron chi connectivity index (χ4n) is 4.31. The number of anilines is 2. The second kappa shape index (κ2) is 8.84. The minimum Gasteiger partial charge on any atom is -0.348 e. The quantitative estimate of drug-likeness (QED) is 0.427. The van der Waals surface area contributed by atoms with Crippen molar-refractivity contribution in [2.75, 3.05) is 24.7 Å². The maximum Gasteiger partial charge on any atom is 0.211 e. The van der Waals surface area contributed by atoms with E-state index in [1.54, 1.807) is 0 Å². The molecule has 5 rings (SSSR count). The van der Waals surface area contributed by atoms with E-state index in [0.29, 0.717) is 19.0 Å². The first-order valence-corrected chi connectivity index (χ1v) is 13.3. The van der Waals surface area contributed by atoms with Crippen LogP contribution in [0.25, 0.3) is 22.2 Å². The summed E-state index contributed by atoms with van der Waals surface area (Å²) in [5, 5.41) is 7.89. The summed E-state index contributed by atoms with van der Waals surface area (Å²) < 4.78 is 27.0. The van der Waals surface area contributed by atoms with E-state index in [2.05, 4.69) is 40.3 Å². The van der Waals surface area contributed by atoms with Crippen molar-refractivity contribution in [3.8, 4) is 11.1 Å². The lowest BCUT2D eigenvalue weighted by molar-refractivity contribution is 0.262. The van der Waals surface area contributed by atoms with Crippen LogP contribution in [0.15, 0.2) is 49.1 Å². The molecule has 0 aliphatic carbocycles. The van der Waals surface area contributed by atoms with Gasteiger partial charge in [-0.3, -0.25) is 9.67 Å². The first-order valence-electron chi connectivity index (χ1n) is 11.5. The van der Waals surface area contributed by atoms with Crippen LogP contribution >= 0.6 is 0 Å². The highest BCUT2D eigenvalue weighted by Gasteiger charge is 2.26. The van der Waals surface area contributed by atoms with E-state index in [1.807, 2.05) is 47.7 Å². The Morgan fingerprint density at radius 2 is 1.88 bits per heavy atom. The molecule has 0 bridgehead atoms. The van der Waals surface area contributed by atoms with Crippen LogP contribution in [0.1, 0.15) is 44.2 Å². The molecule has 10 heteroatoms. The summed E-state index contributed by atoms with van der Waals surface area (Å²) in [7, 11) is -3.14. The van der Waals surface area contributed by atoms with E-state index >= 15 is 0 Å². The molecule has 5 heterocycles. The van der Waals surface area contributed by atoms with Crippen LogP contribution in [0.4, 0.5) is 11.6 Å². The Morgan fingerprint density at radius 1 is 1.09 bits per heavy atom. The van der Waals surface area contributed by atoms with Crippen molar-refractivity contribution in [1.82, 2.24) is 29.0 Å². The average molecular weight is 480 g/mol. The average Bonchev–Trinajstić information content (AvgIpc) is 3.48. The zero-order valence-corrected chi connectivity index (χ0v) is 20.4. The van der Waals surface area contributed by atoms with Gasteiger partial charge in [-0.15, -0.1) is 0 Å². The van der Waals surface area contributed by atoms with Gasteiger partial charge in [-0.1, -0.05) is 13.8 Å². The third-order valence-corrected chi connectivity index (χ3v) is 7.68. The summed E-state index contributed by atoms with van der Waals surface area (Å²) in [4.78, 5) is 12.6. The topological polar surface area (TPSA) is 109 Å². The summed E-state index contributed by atoms with van der Waals surface area (Å²) in [6, 6.07) is 8.19. The number of sulfonamides is 1. The van der Waals surface area contributed by atoms with E-state index in [0.717, 1.165) is 46.6 Å². The number of piperidine rings is 1. The number of pyridine rings is 2. The largest absolute Gasteiger partial charge is 0.348 e. The molecule has 34 heavy (non-hydrogen) atoms. The van der Waals surface area contributed by atoms with Crippen molar-refractivity contribution in [3.63, 3.8) is 0 Å². The lowest BCUT2D eigenvalue weighted by Crippen LogP contribution is -2.38.